The Bertz CT molecular complexity index is 788. The molecule has 0 fully saturated rings. The van der Waals surface area contributed by atoms with Crippen LogP contribution < -0.4 is 0 Å². The predicted molar refractivity (Wildman–Crippen MR) is 83.4 cm³/mol. The van der Waals surface area contributed by atoms with Gasteiger partial charge in [-0.2, -0.15) is 17.6 Å². The van der Waals surface area contributed by atoms with Crippen LogP contribution in [0.15, 0.2) is 47.2 Å². The molecule has 0 amide bonds. The SMILES string of the molecule is CCOC(=O)C1=C(F)OC(C)=C(C(C)=O)C1c1ccc(C(F)(F)F)cc1. The number of carbonyl (C=O) groups is 2. The van der Waals surface area contributed by atoms with E-state index in [0.29, 0.717) is 0 Å². The van der Waals surface area contributed by atoms with Gasteiger partial charge in [0.15, 0.2) is 5.78 Å². The second-order valence-electron chi connectivity index (χ2n) is 5.59. The number of Topliss-reactive ketones (excluding diaryl/α,β-unsaturated/α-hetero) is 1. The first kappa shape index (κ1) is 19.7. The van der Waals surface area contributed by atoms with Crippen LogP contribution in [0.1, 0.15) is 37.8 Å². The zero-order chi connectivity index (χ0) is 19.6. The molecule has 4 nitrogen and oxygen atoms in total. The highest BCUT2D eigenvalue weighted by Crippen LogP contribution is 2.42. The Kier molecular flexibility index (Phi) is 5.53. The molecular weight excluding hydrogens is 356 g/mol. The van der Waals surface area contributed by atoms with Crippen molar-refractivity contribution in [2.75, 3.05) is 6.61 Å². The van der Waals surface area contributed by atoms with Gasteiger partial charge in [0.25, 0.3) is 6.01 Å². The summed E-state index contributed by atoms with van der Waals surface area (Å²) in [6, 6.07) is 2.57. The van der Waals surface area contributed by atoms with Crippen LogP contribution in [-0.2, 0) is 25.2 Å². The average Bonchev–Trinajstić information content (AvgIpc) is 2.53. The van der Waals surface area contributed by atoms with Crippen LogP contribution in [0.5, 0.6) is 0 Å². The molecule has 0 bridgehead atoms. The fourth-order valence-electron chi connectivity index (χ4n) is 2.76. The Morgan fingerprint density at radius 3 is 2.19 bits per heavy atom. The van der Waals surface area contributed by atoms with E-state index in [2.05, 4.69) is 0 Å². The van der Waals surface area contributed by atoms with Gasteiger partial charge in [-0.25, -0.2) is 4.79 Å². The number of rotatable bonds is 4. The van der Waals surface area contributed by atoms with E-state index in [0.717, 1.165) is 24.3 Å². The van der Waals surface area contributed by atoms with Gasteiger partial charge in [-0.1, -0.05) is 12.1 Å². The minimum absolute atomic E-state index is 0.0192. The normalized spacial score (nSPS) is 17.9. The lowest BCUT2D eigenvalue weighted by Gasteiger charge is -2.27. The van der Waals surface area contributed by atoms with Crippen molar-refractivity contribution in [1.82, 2.24) is 0 Å². The molecule has 1 atom stereocenters. The lowest BCUT2D eigenvalue weighted by atomic mass is 9.81. The molecule has 26 heavy (non-hydrogen) atoms. The van der Waals surface area contributed by atoms with Crippen molar-refractivity contribution in [3.63, 3.8) is 0 Å². The van der Waals surface area contributed by atoms with Crippen molar-refractivity contribution in [2.24, 2.45) is 0 Å². The summed E-state index contributed by atoms with van der Waals surface area (Å²) in [4.78, 5) is 24.2. The van der Waals surface area contributed by atoms with Gasteiger partial charge in [0.05, 0.1) is 18.1 Å². The van der Waals surface area contributed by atoms with E-state index >= 15 is 0 Å². The Balaban J connectivity index is 2.61. The van der Waals surface area contributed by atoms with E-state index in [1.807, 2.05) is 0 Å². The number of hydrogen-bond donors (Lipinski definition) is 0. The summed E-state index contributed by atoms with van der Waals surface area (Å²) in [5.74, 6) is -2.82. The first-order valence-corrected chi connectivity index (χ1v) is 7.71. The van der Waals surface area contributed by atoms with Gasteiger partial charge >= 0.3 is 12.1 Å². The third kappa shape index (κ3) is 3.79. The summed E-state index contributed by atoms with van der Waals surface area (Å²) < 4.78 is 62.3. The van der Waals surface area contributed by atoms with Gasteiger partial charge in [-0.3, -0.25) is 4.79 Å². The Labute approximate surface area is 147 Å². The van der Waals surface area contributed by atoms with Crippen LogP contribution in [0, 0.1) is 0 Å². The van der Waals surface area contributed by atoms with Crippen LogP contribution >= 0.6 is 0 Å². The minimum atomic E-state index is -4.55. The molecule has 0 aromatic heterocycles. The van der Waals surface area contributed by atoms with Crippen LogP contribution in [-0.4, -0.2) is 18.4 Å². The summed E-state index contributed by atoms with van der Waals surface area (Å²) in [5, 5.41) is 0. The molecule has 140 valence electrons. The summed E-state index contributed by atoms with van der Waals surface area (Å²) in [7, 11) is 0. The minimum Gasteiger partial charge on any atom is -0.462 e. The van der Waals surface area contributed by atoms with E-state index in [1.165, 1.54) is 20.8 Å². The maximum absolute atomic E-state index is 14.3. The number of allylic oxidation sites excluding steroid dienone is 2. The van der Waals surface area contributed by atoms with Crippen molar-refractivity contribution in [1.29, 1.82) is 0 Å². The lowest BCUT2D eigenvalue weighted by molar-refractivity contribution is -0.139. The summed E-state index contributed by atoms with van der Waals surface area (Å²) in [6.07, 6.45) is -4.55. The molecule has 0 radical (unpaired) electrons. The Morgan fingerprint density at radius 1 is 1.15 bits per heavy atom. The molecule has 8 heteroatoms. The van der Waals surface area contributed by atoms with Gasteiger partial charge in [0.2, 0.25) is 0 Å². The molecule has 1 heterocycles. The Hall–Kier alpha value is -2.64. The fourth-order valence-corrected chi connectivity index (χ4v) is 2.76. The molecule has 1 aliphatic rings. The van der Waals surface area contributed by atoms with Crippen LogP contribution in [0.25, 0.3) is 0 Å². The van der Waals surface area contributed by atoms with E-state index in [4.69, 9.17) is 9.47 Å². The molecule has 0 N–H and O–H groups in total. The molecule has 1 aromatic carbocycles. The second kappa shape index (κ2) is 7.31. The standard InChI is InChI=1S/C18H16F4O4/c1-4-25-17(24)15-14(13(9(2)23)10(3)26-16(15)19)11-5-7-12(8-6-11)18(20,21)22/h5-8,14H,4H2,1-3H3. The lowest BCUT2D eigenvalue weighted by Crippen LogP contribution is -2.25. The van der Waals surface area contributed by atoms with Crippen molar-refractivity contribution in [2.45, 2.75) is 32.9 Å². The maximum Gasteiger partial charge on any atom is 0.416 e. The number of hydrogen-bond acceptors (Lipinski definition) is 4. The summed E-state index contributed by atoms with van der Waals surface area (Å²) in [5.41, 5.74) is -1.33. The summed E-state index contributed by atoms with van der Waals surface area (Å²) in [6.45, 7) is 4.01. The molecule has 0 aliphatic carbocycles. The zero-order valence-electron chi connectivity index (χ0n) is 14.2. The van der Waals surface area contributed by atoms with Gasteiger partial charge in [0.1, 0.15) is 11.3 Å². The number of benzene rings is 1. The first-order valence-electron chi connectivity index (χ1n) is 7.71. The molecule has 1 aliphatic heterocycles. The van der Waals surface area contributed by atoms with Gasteiger partial charge in [-0.05, 0) is 38.5 Å². The highest BCUT2D eigenvalue weighted by molar-refractivity contribution is 6.01. The molecule has 2 rings (SSSR count). The van der Waals surface area contributed by atoms with E-state index in [1.54, 1.807) is 0 Å². The molecule has 0 spiro atoms. The predicted octanol–water partition coefficient (Wildman–Crippen LogP) is 4.43. The van der Waals surface area contributed by atoms with Crippen LogP contribution in [0.2, 0.25) is 0 Å². The molecule has 1 aromatic rings. The molecule has 1 unspecified atom stereocenters. The van der Waals surface area contributed by atoms with Gasteiger partial charge in [-0.15, -0.1) is 0 Å². The number of halogens is 4. The van der Waals surface area contributed by atoms with E-state index in [-0.39, 0.29) is 23.5 Å². The number of ketones is 1. The monoisotopic (exact) mass is 372 g/mol. The van der Waals surface area contributed by atoms with Crippen molar-refractivity contribution in [3.05, 3.63) is 58.3 Å². The van der Waals surface area contributed by atoms with Crippen molar-refractivity contribution in [3.8, 4) is 0 Å². The number of alkyl halides is 3. The van der Waals surface area contributed by atoms with Crippen LogP contribution in [0.3, 0.4) is 0 Å². The largest absolute Gasteiger partial charge is 0.462 e. The quantitative estimate of drug-likeness (QED) is 0.580. The maximum atomic E-state index is 14.3. The van der Waals surface area contributed by atoms with Gasteiger partial charge in [0, 0.05) is 5.57 Å². The second-order valence-corrected chi connectivity index (χ2v) is 5.59. The molecular formula is C18H16F4O4. The van der Waals surface area contributed by atoms with E-state index < -0.39 is 41.0 Å². The number of carbonyl (C=O) groups excluding carboxylic acids is 2. The number of esters is 1. The zero-order valence-corrected chi connectivity index (χ0v) is 14.2. The fraction of sp³-hybridized carbons (Fsp3) is 0.333. The highest BCUT2D eigenvalue weighted by atomic mass is 19.4. The van der Waals surface area contributed by atoms with Gasteiger partial charge < -0.3 is 9.47 Å². The molecule has 0 saturated carbocycles. The third-order valence-electron chi connectivity index (χ3n) is 3.86. The summed E-state index contributed by atoms with van der Waals surface area (Å²) >= 11 is 0. The third-order valence-corrected chi connectivity index (χ3v) is 3.86. The molecule has 0 saturated heterocycles. The smallest absolute Gasteiger partial charge is 0.416 e. The number of ether oxygens (including phenoxy) is 2. The van der Waals surface area contributed by atoms with Crippen molar-refractivity contribution >= 4 is 11.8 Å². The van der Waals surface area contributed by atoms with Crippen LogP contribution in [0.4, 0.5) is 17.6 Å². The topological polar surface area (TPSA) is 52.6 Å². The first-order chi connectivity index (χ1) is 12.1. The van der Waals surface area contributed by atoms with Crippen molar-refractivity contribution < 1.29 is 36.6 Å². The highest BCUT2D eigenvalue weighted by Gasteiger charge is 2.39. The average molecular weight is 372 g/mol. The van der Waals surface area contributed by atoms with E-state index in [9.17, 15) is 27.2 Å². The Morgan fingerprint density at radius 2 is 1.73 bits per heavy atom.